The Morgan fingerprint density at radius 3 is 2.30 bits per heavy atom. The molecule has 0 radical (unpaired) electrons. The molecule has 0 amide bonds. The van der Waals surface area contributed by atoms with Crippen molar-refractivity contribution in [2.24, 2.45) is 5.92 Å². The summed E-state index contributed by atoms with van der Waals surface area (Å²) in [6.07, 6.45) is 4.99. The van der Waals surface area contributed by atoms with Crippen molar-refractivity contribution in [2.75, 3.05) is 13.2 Å². The van der Waals surface area contributed by atoms with Crippen molar-refractivity contribution in [2.45, 2.75) is 0 Å². The Balaban J connectivity index is 2.56. The van der Waals surface area contributed by atoms with E-state index in [2.05, 4.69) is 14.3 Å². The van der Waals surface area contributed by atoms with Crippen LogP contribution in [0.15, 0.2) is 0 Å². The average Bonchev–Trinajstić information content (AvgIpc) is 1.88. The third-order valence-electron chi connectivity index (χ3n) is 1.06. The molecule has 4 nitrogen and oxygen atoms in total. The van der Waals surface area contributed by atoms with Crippen LogP contribution in [0.5, 0.6) is 0 Å². The molecule has 0 aromatic heterocycles. The SMILES string of the molecule is C#CC1COS(=O)(=O)OC1. The second-order valence-corrected chi connectivity index (χ2v) is 3.13. The Morgan fingerprint density at radius 2 is 1.90 bits per heavy atom. The minimum Gasteiger partial charge on any atom is -0.247 e. The van der Waals surface area contributed by atoms with Gasteiger partial charge in [0.1, 0.15) is 0 Å². The molecule has 5 heteroatoms. The summed E-state index contributed by atoms with van der Waals surface area (Å²) in [5.41, 5.74) is 0. The van der Waals surface area contributed by atoms with E-state index in [0.29, 0.717) is 0 Å². The molecule has 0 atom stereocenters. The Bertz CT molecular complexity index is 233. The first-order valence-electron chi connectivity index (χ1n) is 2.64. The molecule has 56 valence electrons. The molecule has 10 heavy (non-hydrogen) atoms. The quantitative estimate of drug-likeness (QED) is 0.452. The van der Waals surface area contributed by atoms with Crippen LogP contribution in [0.3, 0.4) is 0 Å². The van der Waals surface area contributed by atoms with Crippen LogP contribution in [0, 0.1) is 18.3 Å². The van der Waals surface area contributed by atoms with Gasteiger partial charge in [0.25, 0.3) is 0 Å². The van der Waals surface area contributed by atoms with Gasteiger partial charge in [-0.1, -0.05) is 5.92 Å². The molecule has 0 N–H and O–H groups in total. The number of hydrogen-bond donors (Lipinski definition) is 0. The summed E-state index contributed by atoms with van der Waals surface area (Å²) in [5.74, 6) is 2.08. The lowest BCUT2D eigenvalue weighted by Gasteiger charge is -2.16. The third-order valence-corrected chi connectivity index (χ3v) is 1.91. The van der Waals surface area contributed by atoms with Crippen molar-refractivity contribution < 1.29 is 16.8 Å². The zero-order valence-electron chi connectivity index (χ0n) is 5.11. The largest absolute Gasteiger partial charge is 0.399 e. The summed E-state index contributed by atoms with van der Waals surface area (Å²) < 4.78 is 29.4. The van der Waals surface area contributed by atoms with Crippen molar-refractivity contribution >= 4 is 10.4 Å². The fourth-order valence-electron chi connectivity index (χ4n) is 0.509. The average molecular weight is 162 g/mol. The first-order valence-corrected chi connectivity index (χ1v) is 3.97. The molecule has 0 saturated carbocycles. The zero-order valence-corrected chi connectivity index (χ0v) is 5.93. The standard InChI is InChI=1S/C5H6O4S/c1-2-5-3-8-10(6,7)9-4-5/h1,5H,3-4H2. The van der Waals surface area contributed by atoms with Crippen LogP contribution in [-0.2, 0) is 18.8 Å². The second kappa shape index (κ2) is 2.58. The minimum atomic E-state index is -3.72. The van der Waals surface area contributed by atoms with Crippen LogP contribution >= 0.6 is 0 Å². The van der Waals surface area contributed by atoms with Crippen molar-refractivity contribution in [3.05, 3.63) is 0 Å². The molecule has 1 aliphatic heterocycles. The molecule has 0 spiro atoms. The van der Waals surface area contributed by atoms with Gasteiger partial charge in [-0.2, -0.15) is 8.42 Å². The highest BCUT2D eigenvalue weighted by Crippen LogP contribution is 2.10. The molecule has 0 aromatic carbocycles. The smallest absolute Gasteiger partial charge is 0.247 e. The summed E-state index contributed by atoms with van der Waals surface area (Å²) in [4.78, 5) is 0. The molecule has 0 unspecified atom stereocenters. The van der Waals surface area contributed by atoms with E-state index in [0.717, 1.165) is 0 Å². The maximum Gasteiger partial charge on any atom is 0.399 e. The van der Waals surface area contributed by atoms with E-state index in [9.17, 15) is 8.42 Å². The van der Waals surface area contributed by atoms with Crippen LogP contribution < -0.4 is 0 Å². The van der Waals surface area contributed by atoms with E-state index in [1.54, 1.807) is 0 Å². The van der Waals surface area contributed by atoms with Gasteiger partial charge in [-0.3, -0.25) is 0 Å². The molecule has 1 rings (SSSR count). The zero-order chi connectivity index (χ0) is 7.61. The Hall–Kier alpha value is -0.570. The maximum absolute atomic E-state index is 10.4. The molecule has 1 aliphatic rings. The molecule has 1 saturated heterocycles. The van der Waals surface area contributed by atoms with Crippen molar-refractivity contribution in [3.8, 4) is 12.3 Å². The fourth-order valence-corrected chi connectivity index (χ4v) is 1.24. The Kier molecular flexibility index (Phi) is 1.94. The van der Waals surface area contributed by atoms with Gasteiger partial charge in [0.15, 0.2) is 0 Å². The molecule has 0 bridgehead atoms. The maximum atomic E-state index is 10.4. The van der Waals surface area contributed by atoms with Crippen LogP contribution in [0.1, 0.15) is 0 Å². The minimum absolute atomic E-state index is 0.0266. The van der Waals surface area contributed by atoms with Gasteiger partial charge in [-0.25, -0.2) is 8.37 Å². The summed E-state index contributed by atoms with van der Waals surface area (Å²) in [6, 6.07) is 0. The van der Waals surface area contributed by atoms with E-state index in [-0.39, 0.29) is 19.1 Å². The topological polar surface area (TPSA) is 52.6 Å². The van der Waals surface area contributed by atoms with Crippen LogP contribution in [-0.4, -0.2) is 21.6 Å². The molecular formula is C5H6O4S. The fraction of sp³-hybridized carbons (Fsp3) is 0.600. The molecule has 0 aliphatic carbocycles. The van der Waals surface area contributed by atoms with E-state index in [1.807, 2.05) is 0 Å². The highest BCUT2D eigenvalue weighted by atomic mass is 32.3. The van der Waals surface area contributed by atoms with Gasteiger partial charge in [-0.15, -0.1) is 6.42 Å². The van der Waals surface area contributed by atoms with Gasteiger partial charge in [0, 0.05) is 0 Å². The lowest BCUT2D eigenvalue weighted by molar-refractivity contribution is 0.128. The lowest BCUT2D eigenvalue weighted by Crippen LogP contribution is -2.27. The van der Waals surface area contributed by atoms with Crippen LogP contribution in [0.2, 0.25) is 0 Å². The Labute approximate surface area is 59.5 Å². The molecule has 1 fully saturated rings. The highest BCUT2D eigenvalue weighted by Gasteiger charge is 2.23. The van der Waals surface area contributed by atoms with E-state index < -0.39 is 10.4 Å². The molecular weight excluding hydrogens is 156 g/mol. The van der Waals surface area contributed by atoms with Gasteiger partial charge < -0.3 is 0 Å². The summed E-state index contributed by atoms with van der Waals surface area (Å²) in [6.45, 7) is 0.0532. The Morgan fingerprint density at radius 1 is 1.40 bits per heavy atom. The second-order valence-electron chi connectivity index (χ2n) is 1.84. The normalized spacial score (nSPS) is 25.5. The van der Waals surface area contributed by atoms with Crippen molar-refractivity contribution in [3.63, 3.8) is 0 Å². The highest BCUT2D eigenvalue weighted by molar-refractivity contribution is 7.81. The molecule has 0 aromatic rings. The van der Waals surface area contributed by atoms with E-state index in [4.69, 9.17) is 6.42 Å². The monoisotopic (exact) mass is 162 g/mol. The van der Waals surface area contributed by atoms with Gasteiger partial charge >= 0.3 is 10.4 Å². The van der Waals surface area contributed by atoms with Gasteiger partial charge in [0.05, 0.1) is 19.1 Å². The van der Waals surface area contributed by atoms with Crippen LogP contribution in [0.25, 0.3) is 0 Å². The summed E-state index contributed by atoms with van der Waals surface area (Å²) in [7, 11) is -3.72. The predicted molar refractivity (Wildman–Crippen MR) is 33.1 cm³/mol. The van der Waals surface area contributed by atoms with Crippen molar-refractivity contribution in [1.29, 1.82) is 0 Å². The van der Waals surface area contributed by atoms with Gasteiger partial charge in [0.2, 0.25) is 0 Å². The summed E-state index contributed by atoms with van der Waals surface area (Å²) >= 11 is 0. The van der Waals surface area contributed by atoms with Crippen molar-refractivity contribution in [1.82, 2.24) is 0 Å². The third kappa shape index (κ3) is 1.70. The first kappa shape index (κ1) is 7.54. The molecule has 1 heterocycles. The van der Waals surface area contributed by atoms with E-state index >= 15 is 0 Å². The summed E-state index contributed by atoms with van der Waals surface area (Å²) in [5, 5.41) is 0. The van der Waals surface area contributed by atoms with Crippen LogP contribution in [0.4, 0.5) is 0 Å². The number of rotatable bonds is 0. The van der Waals surface area contributed by atoms with E-state index in [1.165, 1.54) is 0 Å². The van der Waals surface area contributed by atoms with Gasteiger partial charge in [-0.05, 0) is 0 Å². The lowest BCUT2D eigenvalue weighted by atomic mass is 10.2. The first-order chi connectivity index (χ1) is 4.64. The number of hydrogen-bond acceptors (Lipinski definition) is 4. The predicted octanol–water partition coefficient (Wildman–Crippen LogP) is -0.473. The number of terminal acetylenes is 1.